The van der Waals surface area contributed by atoms with Crippen molar-refractivity contribution in [1.29, 1.82) is 0 Å². The minimum Gasteiger partial charge on any atom is -0.480 e. The third-order valence-corrected chi connectivity index (χ3v) is 4.97. The Morgan fingerprint density at radius 1 is 1.03 bits per heavy atom. The first kappa shape index (κ1) is 24.7. The Labute approximate surface area is 193 Å². The minimum absolute atomic E-state index is 0.192. The van der Waals surface area contributed by atoms with Crippen LogP contribution in [0.4, 0.5) is 18.9 Å². The number of aliphatic carboxylic acids is 1. The summed E-state index contributed by atoms with van der Waals surface area (Å²) in [5.41, 5.74) is 2.56. The Hall–Kier alpha value is -3.89. The van der Waals surface area contributed by atoms with Crippen LogP contribution < -0.4 is 10.6 Å². The van der Waals surface area contributed by atoms with Crippen LogP contribution in [0.15, 0.2) is 52.9 Å². The molecule has 0 radical (unpaired) electrons. The molecule has 0 bridgehead atoms. The predicted octanol–water partition coefficient (Wildman–Crippen LogP) is 4.25. The molecule has 0 spiro atoms. The van der Waals surface area contributed by atoms with E-state index in [-0.39, 0.29) is 11.8 Å². The monoisotopic (exact) mass is 476 g/mol. The third-order valence-electron chi connectivity index (χ3n) is 4.97. The summed E-state index contributed by atoms with van der Waals surface area (Å²) < 4.78 is 42.5. The van der Waals surface area contributed by atoms with Gasteiger partial charge >= 0.3 is 18.0 Å². The van der Waals surface area contributed by atoms with Gasteiger partial charge in [-0.1, -0.05) is 19.1 Å². The van der Waals surface area contributed by atoms with E-state index in [1.165, 1.54) is 6.92 Å². The number of benzene rings is 2. The van der Waals surface area contributed by atoms with Crippen molar-refractivity contribution < 1.29 is 32.3 Å². The van der Waals surface area contributed by atoms with Gasteiger partial charge in [-0.15, -0.1) is 10.2 Å². The van der Waals surface area contributed by atoms with Crippen LogP contribution in [-0.2, 0) is 17.4 Å². The van der Waals surface area contributed by atoms with Crippen molar-refractivity contribution in [3.05, 3.63) is 65.5 Å². The van der Waals surface area contributed by atoms with Crippen LogP contribution in [-0.4, -0.2) is 39.8 Å². The van der Waals surface area contributed by atoms with Crippen LogP contribution in [0.25, 0.3) is 11.5 Å². The van der Waals surface area contributed by atoms with Gasteiger partial charge in [0.15, 0.2) is 0 Å². The fraction of sp³-hybridized carbons (Fsp3) is 0.304. The van der Waals surface area contributed by atoms with Crippen molar-refractivity contribution in [1.82, 2.24) is 15.5 Å². The molecule has 1 amide bonds. The van der Waals surface area contributed by atoms with Crippen LogP contribution in [0.3, 0.4) is 0 Å². The normalized spacial score (nSPS) is 13.2. The Balaban J connectivity index is 1.50. The van der Waals surface area contributed by atoms with Gasteiger partial charge in [-0.05, 0) is 61.2 Å². The SMILES string of the molecule is CC(CNc1ccc(C(=O)N[C@@H](C)C(=O)O)cc1)Cc1ccc(-c2nnc(C(F)(F)F)o2)cc1. The van der Waals surface area contributed by atoms with E-state index in [9.17, 15) is 22.8 Å². The van der Waals surface area contributed by atoms with Crippen LogP contribution in [0.5, 0.6) is 0 Å². The summed E-state index contributed by atoms with van der Waals surface area (Å²) in [7, 11) is 0. The zero-order chi connectivity index (χ0) is 24.9. The Kier molecular flexibility index (Phi) is 7.54. The van der Waals surface area contributed by atoms with Crippen LogP contribution >= 0.6 is 0 Å². The number of carboxylic acids is 1. The molecule has 0 aliphatic carbocycles. The van der Waals surface area contributed by atoms with Crippen LogP contribution in [0, 0.1) is 5.92 Å². The van der Waals surface area contributed by atoms with Crippen molar-refractivity contribution >= 4 is 17.6 Å². The number of alkyl halides is 3. The Morgan fingerprint density at radius 2 is 1.68 bits per heavy atom. The first-order chi connectivity index (χ1) is 16.0. The molecule has 34 heavy (non-hydrogen) atoms. The number of aromatic nitrogens is 2. The zero-order valence-corrected chi connectivity index (χ0v) is 18.4. The molecule has 3 N–H and O–H groups in total. The van der Waals surface area contributed by atoms with Gasteiger partial charge < -0.3 is 20.2 Å². The maximum atomic E-state index is 12.6. The number of carbonyl (C=O) groups excluding carboxylic acids is 1. The molecule has 1 aromatic heterocycles. The molecule has 0 fully saturated rings. The summed E-state index contributed by atoms with van der Waals surface area (Å²) in [5, 5.41) is 21.0. The molecular weight excluding hydrogens is 453 g/mol. The number of halogens is 3. The number of hydrogen-bond acceptors (Lipinski definition) is 6. The van der Waals surface area contributed by atoms with Gasteiger partial charge in [0.05, 0.1) is 0 Å². The van der Waals surface area contributed by atoms with Gasteiger partial charge in [0.2, 0.25) is 5.89 Å². The molecular formula is C23H23F3N4O4. The standard InChI is InChI=1S/C23H23F3N4O4/c1-13(12-27-18-9-7-16(8-10-18)19(31)28-14(2)21(32)33)11-15-3-5-17(6-4-15)20-29-30-22(34-20)23(24,25)26/h3-10,13-14,27H,11-12H2,1-2H3,(H,28,31)(H,32,33)/t13?,14-/m0/s1. The topological polar surface area (TPSA) is 117 Å². The lowest BCUT2D eigenvalue weighted by molar-refractivity contribution is -0.157. The average Bonchev–Trinajstić information content (AvgIpc) is 3.29. The smallest absolute Gasteiger partial charge is 0.470 e. The fourth-order valence-electron chi connectivity index (χ4n) is 3.09. The predicted molar refractivity (Wildman–Crippen MR) is 117 cm³/mol. The lowest BCUT2D eigenvalue weighted by Gasteiger charge is -2.14. The number of carboxylic acid groups (broad SMARTS) is 1. The van der Waals surface area contributed by atoms with Crippen molar-refractivity contribution in [3.8, 4) is 11.5 Å². The summed E-state index contributed by atoms with van der Waals surface area (Å²) in [6.45, 7) is 4.07. The molecule has 0 aliphatic heterocycles. The summed E-state index contributed by atoms with van der Waals surface area (Å²) in [6.07, 6.45) is -3.96. The zero-order valence-electron chi connectivity index (χ0n) is 18.4. The van der Waals surface area contributed by atoms with Gasteiger partial charge in [-0.25, -0.2) is 0 Å². The van der Waals surface area contributed by atoms with E-state index >= 15 is 0 Å². The lowest BCUT2D eigenvalue weighted by Crippen LogP contribution is -2.38. The van der Waals surface area contributed by atoms with E-state index in [1.54, 1.807) is 48.5 Å². The van der Waals surface area contributed by atoms with E-state index < -0.39 is 30.0 Å². The van der Waals surface area contributed by atoms with Crippen LogP contribution in [0.2, 0.25) is 0 Å². The molecule has 3 aromatic rings. The second kappa shape index (κ2) is 10.4. The first-order valence-corrected chi connectivity index (χ1v) is 10.4. The molecule has 8 nitrogen and oxygen atoms in total. The van der Waals surface area contributed by atoms with Crippen molar-refractivity contribution in [3.63, 3.8) is 0 Å². The number of carbonyl (C=O) groups is 2. The fourth-order valence-corrected chi connectivity index (χ4v) is 3.09. The van der Waals surface area contributed by atoms with Gasteiger partial charge in [0.25, 0.3) is 5.91 Å². The molecule has 180 valence electrons. The molecule has 0 saturated carbocycles. The quantitative estimate of drug-likeness (QED) is 0.423. The number of nitrogens with zero attached hydrogens (tertiary/aromatic N) is 2. The molecule has 0 saturated heterocycles. The van der Waals surface area contributed by atoms with Gasteiger partial charge in [0, 0.05) is 23.4 Å². The van der Waals surface area contributed by atoms with Gasteiger partial charge in [-0.2, -0.15) is 13.2 Å². The van der Waals surface area contributed by atoms with Crippen molar-refractivity contribution in [2.24, 2.45) is 5.92 Å². The second-order valence-corrected chi connectivity index (χ2v) is 7.91. The average molecular weight is 476 g/mol. The lowest BCUT2D eigenvalue weighted by atomic mass is 10.00. The van der Waals surface area contributed by atoms with E-state index in [0.717, 1.165) is 17.7 Å². The molecule has 0 aliphatic rings. The second-order valence-electron chi connectivity index (χ2n) is 7.91. The first-order valence-electron chi connectivity index (χ1n) is 10.4. The maximum absolute atomic E-state index is 12.6. The molecule has 2 atom stereocenters. The van der Waals surface area contributed by atoms with Crippen molar-refractivity contribution in [2.75, 3.05) is 11.9 Å². The van der Waals surface area contributed by atoms with Gasteiger partial charge in [0.1, 0.15) is 6.04 Å². The number of hydrogen-bond donors (Lipinski definition) is 3. The number of nitrogens with one attached hydrogen (secondary N) is 2. The Bertz CT molecular complexity index is 1130. The highest BCUT2D eigenvalue weighted by molar-refractivity contribution is 5.96. The van der Waals surface area contributed by atoms with Gasteiger partial charge in [-0.3, -0.25) is 9.59 Å². The van der Waals surface area contributed by atoms with E-state index in [4.69, 9.17) is 5.11 Å². The molecule has 11 heteroatoms. The summed E-state index contributed by atoms with van der Waals surface area (Å²) in [5.74, 6) is -2.92. The van der Waals surface area contributed by atoms with Crippen LogP contribution in [0.1, 0.15) is 35.7 Å². The summed E-state index contributed by atoms with van der Waals surface area (Å²) >= 11 is 0. The summed E-state index contributed by atoms with van der Waals surface area (Å²) in [4.78, 5) is 22.9. The minimum atomic E-state index is -4.68. The maximum Gasteiger partial charge on any atom is 0.470 e. The highest BCUT2D eigenvalue weighted by atomic mass is 19.4. The molecule has 2 aromatic carbocycles. The van der Waals surface area contributed by atoms with Crippen molar-refractivity contribution in [2.45, 2.75) is 32.5 Å². The highest BCUT2D eigenvalue weighted by Crippen LogP contribution is 2.30. The Morgan fingerprint density at radius 3 is 2.24 bits per heavy atom. The van der Waals surface area contributed by atoms with E-state index in [0.29, 0.717) is 17.7 Å². The van der Waals surface area contributed by atoms with E-state index in [1.807, 2.05) is 6.92 Å². The largest absolute Gasteiger partial charge is 0.480 e. The number of anilines is 1. The molecule has 3 rings (SSSR count). The number of rotatable bonds is 9. The number of amides is 1. The third kappa shape index (κ3) is 6.56. The molecule has 1 heterocycles. The van der Waals surface area contributed by atoms with E-state index in [2.05, 4.69) is 25.2 Å². The highest BCUT2D eigenvalue weighted by Gasteiger charge is 2.38. The molecule has 1 unspecified atom stereocenters. The summed E-state index contributed by atoms with van der Waals surface area (Å²) in [6, 6.07) is 12.6.